The zero-order chi connectivity index (χ0) is 12.8. The predicted molar refractivity (Wildman–Crippen MR) is 69.7 cm³/mol. The van der Waals surface area contributed by atoms with E-state index in [1.165, 1.54) is 0 Å². The number of hydrogen-bond donors (Lipinski definition) is 2. The van der Waals surface area contributed by atoms with Crippen LogP contribution in [0.3, 0.4) is 0 Å². The fourth-order valence-corrected chi connectivity index (χ4v) is 1.72. The van der Waals surface area contributed by atoms with Crippen molar-refractivity contribution in [3.05, 3.63) is 17.8 Å². The van der Waals surface area contributed by atoms with Crippen LogP contribution in [0.25, 0.3) is 0 Å². The van der Waals surface area contributed by atoms with Gasteiger partial charge in [-0.05, 0) is 25.0 Å². The van der Waals surface area contributed by atoms with Gasteiger partial charge in [0.1, 0.15) is 5.82 Å². The maximum Gasteiger partial charge on any atom is 0.236 e. The van der Waals surface area contributed by atoms with Crippen molar-refractivity contribution in [3.8, 4) is 0 Å². The Morgan fingerprint density at radius 1 is 1.53 bits per heavy atom. The van der Waals surface area contributed by atoms with Crippen LogP contribution in [0.2, 0.25) is 0 Å². The lowest BCUT2D eigenvalue weighted by molar-refractivity contribution is -0.116. The lowest BCUT2D eigenvalue weighted by Gasteiger charge is -2.23. The minimum atomic E-state index is -0.348. The number of pyridine rings is 1. The largest absolute Gasteiger partial charge is 0.397 e. The van der Waals surface area contributed by atoms with E-state index in [4.69, 9.17) is 11.5 Å². The number of carbonyl (C=O) groups is 1. The number of nitrogen functional groups attached to an aromatic ring is 1. The number of primary amides is 1. The maximum atomic E-state index is 11.1. The van der Waals surface area contributed by atoms with Gasteiger partial charge in [-0.3, -0.25) is 4.79 Å². The van der Waals surface area contributed by atoms with E-state index in [1.807, 2.05) is 17.9 Å². The molecule has 1 amide bonds. The Bertz CT molecular complexity index is 392. The molecule has 1 rings (SSSR count). The summed E-state index contributed by atoms with van der Waals surface area (Å²) in [5.74, 6) is 0.436. The number of carbonyl (C=O) groups excluding carboxylic acids is 1. The third-order valence-corrected chi connectivity index (χ3v) is 2.50. The van der Waals surface area contributed by atoms with Gasteiger partial charge in [-0.2, -0.15) is 0 Å². The highest BCUT2D eigenvalue weighted by Crippen LogP contribution is 2.19. The number of anilines is 2. The van der Waals surface area contributed by atoms with E-state index in [0.717, 1.165) is 30.8 Å². The fourth-order valence-electron chi connectivity index (χ4n) is 1.72. The van der Waals surface area contributed by atoms with Crippen LogP contribution in [-0.2, 0) is 4.79 Å². The molecular weight excluding hydrogens is 216 g/mol. The standard InChI is InChI=1S/C12H20N4O/c1-3-4-5-16(8-11(14)17)12-9(2)6-10(13)7-15-12/h6-7H,3-5,8,13H2,1-2H3,(H2,14,17). The van der Waals surface area contributed by atoms with E-state index >= 15 is 0 Å². The number of nitrogens with zero attached hydrogens (tertiary/aromatic N) is 2. The van der Waals surface area contributed by atoms with Gasteiger partial charge in [-0.15, -0.1) is 0 Å². The van der Waals surface area contributed by atoms with E-state index in [-0.39, 0.29) is 12.5 Å². The van der Waals surface area contributed by atoms with E-state index < -0.39 is 0 Å². The molecule has 1 heterocycles. The molecule has 0 saturated heterocycles. The highest BCUT2D eigenvalue weighted by atomic mass is 16.1. The summed E-state index contributed by atoms with van der Waals surface area (Å²) < 4.78 is 0. The Balaban J connectivity index is 2.90. The van der Waals surface area contributed by atoms with Crippen LogP contribution >= 0.6 is 0 Å². The highest BCUT2D eigenvalue weighted by Gasteiger charge is 2.12. The summed E-state index contributed by atoms with van der Waals surface area (Å²) in [6.07, 6.45) is 3.66. The Labute approximate surface area is 102 Å². The SMILES string of the molecule is CCCCN(CC(N)=O)c1ncc(N)cc1C. The molecule has 17 heavy (non-hydrogen) atoms. The van der Waals surface area contributed by atoms with Gasteiger partial charge < -0.3 is 16.4 Å². The number of unbranched alkanes of at least 4 members (excludes halogenated alkanes) is 1. The summed E-state index contributed by atoms with van der Waals surface area (Å²) in [4.78, 5) is 17.2. The number of hydrogen-bond acceptors (Lipinski definition) is 4. The third kappa shape index (κ3) is 3.94. The molecule has 5 nitrogen and oxygen atoms in total. The number of rotatable bonds is 6. The van der Waals surface area contributed by atoms with Crippen molar-refractivity contribution in [3.63, 3.8) is 0 Å². The monoisotopic (exact) mass is 236 g/mol. The molecule has 0 aliphatic rings. The summed E-state index contributed by atoms with van der Waals surface area (Å²) in [5, 5.41) is 0. The van der Waals surface area contributed by atoms with Crippen molar-refractivity contribution in [2.45, 2.75) is 26.7 Å². The Hall–Kier alpha value is -1.78. The highest BCUT2D eigenvalue weighted by molar-refractivity contribution is 5.79. The molecule has 0 saturated carbocycles. The lowest BCUT2D eigenvalue weighted by Crippen LogP contribution is -2.35. The van der Waals surface area contributed by atoms with Gasteiger partial charge in [0.05, 0.1) is 18.4 Å². The molecule has 4 N–H and O–H groups in total. The summed E-state index contributed by atoms with van der Waals surface area (Å²) in [6.45, 7) is 5.00. The molecule has 1 aromatic heterocycles. The molecule has 1 aromatic rings. The average Bonchev–Trinajstić information content (AvgIpc) is 2.24. The van der Waals surface area contributed by atoms with Gasteiger partial charge in [-0.1, -0.05) is 13.3 Å². The second-order valence-electron chi connectivity index (χ2n) is 4.15. The first-order chi connectivity index (χ1) is 8.04. The molecule has 0 aliphatic carbocycles. The molecule has 0 aromatic carbocycles. The van der Waals surface area contributed by atoms with Crippen molar-refractivity contribution in [1.82, 2.24) is 4.98 Å². The predicted octanol–water partition coefficient (Wildman–Crippen LogP) is 1.06. The van der Waals surface area contributed by atoms with Gasteiger partial charge in [-0.25, -0.2) is 4.98 Å². The van der Waals surface area contributed by atoms with E-state index in [1.54, 1.807) is 6.20 Å². The summed E-state index contributed by atoms with van der Waals surface area (Å²) in [7, 11) is 0. The summed E-state index contributed by atoms with van der Waals surface area (Å²) >= 11 is 0. The molecule has 0 bridgehead atoms. The first-order valence-corrected chi connectivity index (χ1v) is 5.80. The Morgan fingerprint density at radius 3 is 2.76 bits per heavy atom. The molecule has 0 aliphatic heterocycles. The third-order valence-electron chi connectivity index (χ3n) is 2.50. The van der Waals surface area contributed by atoms with Crippen LogP contribution in [0.1, 0.15) is 25.3 Å². The average molecular weight is 236 g/mol. The van der Waals surface area contributed by atoms with Gasteiger partial charge >= 0.3 is 0 Å². The Kier molecular flexibility index (Phi) is 4.75. The number of aromatic nitrogens is 1. The van der Waals surface area contributed by atoms with Crippen molar-refractivity contribution < 1.29 is 4.79 Å². The van der Waals surface area contributed by atoms with Crippen LogP contribution in [-0.4, -0.2) is 24.0 Å². The van der Waals surface area contributed by atoms with Gasteiger partial charge in [0.25, 0.3) is 0 Å². The minimum Gasteiger partial charge on any atom is -0.397 e. The number of aryl methyl sites for hydroxylation is 1. The van der Waals surface area contributed by atoms with Crippen LogP contribution in [0.15, 0.2) is 12.3 Å². The molecule has 0 unspecified atom stereocenters. The van der Waals surface area contributed by atoms with Crippen molar-refractivity contribution in [2.75, 3.05) is 23.7 Å². The first kappa shape index (κ1) is 13.3. The molecule has 0 spiro atoms. The van der Waals surface area contributed by atoms with E-state index in [0.29, 0.717) is 5.69 Å². The smallest absolute Gasteiger partial charge is 0.236 e. The van der Waals surface area contributed by atoms with Gasteiger partial charge in [0.2, 0.25) is 5.91 Å². The topological polar surface area (TPSA) is 85.2 Å². The van der Waals surface area contributed by atoms with Crippen molar-refractivity contribution >= 4 is 17.4 Å². The molecule has 0 atom stereocenters. The molecule has 5 heteroatoms. The molecule has 0 fully saturated rings. The second-order valence-corrected chi connectivity index (χ2v) is 4.15. The lowest BCUT2D eigenvalue weighted by atomic mass is 10.2. The quantitative estimate of drug-likeness (QED) is 0.773. The Morgan fingerprint density at radius 2 is 2.24 bits per heavy atom. The van der Waals surface area contributed by atoms with Crippen LogP contribution in [0, 0.1) is 6.92 Å². The number of amides is 1. The summed E-state index contributed by atoms with van der Waals surface area (Å²) in [5.41, 5.74) is 12.5. The molecule has 94 valence electrons. The van der Waals surface area contributed by atoms with E-state index in [9.17, 15) is 4.79 Å². The zero-order valence-electron chi connectivity index (χ0n) is 10.4. The normalized spacial score (nSPS) is 10.2. The maximum absolute atomic E-state index is 11.1. The summed E-state index contributed by atoms with van der Waals surface area (Å²) in [6, 6.07) is 1.85. The van der Waals surface area contributed by atoms with Crippen molar-refractivity contribution in [2.24, 2.45) is 5.73 Å². The van der Waals surface area contributed by atoms with Gasteiger partial charge in [0.15, 0.2) is 0 Å². The fraction of sp³-hybridized carbons (Fsp3) is 0.500. The zero-order valence-corrected chi connectivity index (χ0v) is 10.4. The second kappa shape index (κ2) is 6.08. The molecular formula is C12H20N4O. The molecule has 0 radical (unpaired) electrons. The minimum absolute atomic E-state index is 0.192. The van der Waals surface area contributed by atoms with Crippen molar-refractivity contribution in [1.29, 1.82) is 0 Å². The van der Waals surface area contributed by atoms with Crippen LogP contribution in [0.5, 0.6) is 0 Å². The van der Waals surface area contributed by atoms with Crippen LogP contribution < -0.4 is 16.4 Å². The van der Waals surface area contributed by atoms with Gasteiger partial charge in [0, 0.05) is 6.54 Å². The number of nitrogens with two attached hydrogens (primary N) is 2. The van der Waals surface area contributed by atoms with E-state index in [2.05, 4.69) is 11.9 Å². The first-order valence-electron chi connectivity index (χ1n) is 5.80. The van der Waals surface area contributed by atoms with Crippen LogP contribution in [0.4, 0.5) is 11.5 Å².